The molecule has 0 aliphatic rings. The fraction of sp³-hybridized carbons (Fsp3) is 0.190. The van der Waals surface area contributed by atoms with Gasteiger partial charge >= 0.3 is 0 Å². The molecule has 0 saturated heterocycles. The third-order valence-corrected chi connectivity index (χ3v) is 5.47. The number of hydrogen-bond donors (Lipinski definition) is 2. The summed E-state index contributed by atoms with van der Waals surface area (Å²) in [5, 5.41) is 5.97. The molecule has 0 aliphatic heterocycles. The van der Waals surface area contributed by atoms with Crippen LogP contribution in [0.1, 0.15) is 34.6 Å². The number of rotatable bonds is 7. The maximum atomic E-state index is 12.4. The van der Waals surface area contributed by atoms with Crippen LogP contribution in [-0.4, -0.2) is 30.5 Å². The third kappa shape index (κ3) is 5.61. The Labute approximate surface area is 170 Å². The minimum Gasteiger partial charge on any atom is -0.348 e. The molecule has 2 aromatic carbocycles. The van der Waals surface area contributed by atoms with E-state index in [0.717, 1.165) is 17.4 Å². The molecule has 0 bridgehead atoms. The Kier molecular flexibility index (Phi) is 6.23. The highest BCUT2D eigenvalue weighted by Gasteiger charge is 2.12. The van der Waals surface area contributed by atoms with E-state index >= 15 is 0 Å². The standard InChI is InChI=1S/C21H22N4O3S/c1-15(17-6-4-3-5-7-17)24-21-22-13-12-19(25-21)20(26)23-14-16-8-10-18(11-9-16)29(2,27)28/h3-13,15H,14H2,1-2H3,(H,23,26)(H,22,24,25)/t15-/m0/s1. The molecular weight excluding hydrogens is 388 g/mol. The third-order valence-electron chi connectivity index (χ3n) is 4.34. The van der Waals surface area contributed by atoms with Crippen molar-refractivity contribution in [3.63, 3.8) is 0 Å². The van der Waals surface area contributed by atoms with Crippen LogP contribution in [0, 0.1) is 0 Å². The molecule has 1 atom stereocenters. The molecule has 1 heterocycles. The van der Waals surface area contributed by atoms with E-state index in [1.54, 1.807) is 18.2 Å². The van der Waals surface area contributed by atoms with E-state index in [4.69, 9.17) is 0 Å². The first kappa shape index (κ1) is 20.5. The number of sulfone groups is 1. The molecule has 2 N–H and O–H groups in total. The van der Waals surface area contributed by atoms with E-state index in [1.807, 2.05) is 37.3 Å². The van der Waals surface area contributed by atoms with Crippen molar-refractivity contribution in [3.05, 3.63) is 83.7 Å². The van der Waals surface area contributed by atoms with Crippen molar-refractivity contribution in [2.45, 2.75) is 24.4 Å². The fourth-order valence-corrected chi connectivity index (χ4v) is 3.33. The van der Waals surface area contributed by atoms with Crippen LogP contribution < -0.4 is 10.6 Å². The molecule has 0 unspecified atom stereocenters. The molecule has 0 spiro atoms. The van der Waals surface area contributed by atoms with Crippen molar-refractivity contribution in [1.82, 2.24) is 15.3 Å². The lowest BCUT2D eigenvalue weighted by atomic mass is 10.1. The number of amides is 1. The van der Waals surface area contributed by atoms with Crippen LogP contribution in [0.5, 0.6) is 0 Å². The van der Waals surface area contributed by atoms with Crippen LogP contribution in [0.3, 0.4) is 0 Å². The highest BCUT2D eigenvalue weighted by molar-refractivity contribution is 7.90. The number of hydrogen-bond acceptors (Lipinski definition) is 6. The molecule has 0 radical (unpaired) electrons. The van der Waals surface area contributed by atoms with Crippen LogP contribution in [0.15, 0.2) is 71.8 Å². The summed E-state index contributed by atoms with van der Waals surface area (Å²) in [6, 6.07) is 17.8. The largest absolute Gasteiger partial charge is 0.348 e. The first-order valence-corrected chi connectivity index (χ1v) is 10.9. The van der Waals surface area contributed by atoms with Gasteiger partial charge in [0.15, 0.2) is 9.84 Å². The predicted octanol–water partition coefficient (Wildman–Crippen LogP) is 2.98. The minimum atomic E-state index is -3.24. The molecule has 29 heavy (non-hydrogen) atoms. The maximum Gasteiger partial charge on any atom is 0.270 e. The second-order valence-electron chi connectivity index (χ2n) is 6.64. The first-order valence-electron chi connectivity index (χ1n) is 9.04. The van der Waals surface area contributed by atoms with Gasteiger partial charge in [-0.05, 0) is 36.2 Å². The zero-order valence-corrected chi connectivity index (χ0v) is 17.0. The van der Waals surface area contributed by atoms with Gasteiger partial charge in [0.1, 0.15) is 5.69 Å². The Morgan fingerprint density at radius 3 is 2.38 bits per heavy atom. The number of anilines is 1. The SMILES string of the molecule is C[C@H](Nc1nccc(C(=O)NCc2ccc(S(C)(=O)=O)cc2)n1)c1ccccc1. The molecule has 7 nitrogen and oxygen atoms in total. The zero-order valence-electron chi connectivity index (χ0n) is 16.2. The lowest BCUT2D eigenvalue weighted by Crippen LogP contribution is -2.24. The van der Waals surface area contributed by atoms with Gasteiger partial charge in [-0.15, -0.1) is 0 Å². The number of nitrogens with one attached hydrogen (secondary N) is 2. The summed E-state index contributed by atoms with van der Waals surface area (Å²) in [7, 11) is -3.24. The Morgan fingerprint density at radius 1 is 1.03 bits per heavy atom. The Bertz CT molecular complexity index is 1080. The second kappa shape index (κ2) is 8.83. The Balaban J connectivity index is 1.62. The minimum absolute atomic E-state index is 0.0112. The van der Waals surface area contributed by atoms with E-state index in [1.165, 1.54) is 18.3 Å². The molecule has 0 fully saturated rings. The van der Waals surface area contributed by atoms with E-state index in [9.17, 15) is 13.2 Å². The van der Waals surface area contributed by atoms with Crippen LogP contribution in [-0.2, 0) is 16.4 Å². The van der Waals surface area contributed by atoms with E-state index in [2.05, 4.69) is 20.6 Å². The molecule has 0 saturated carbocycles. The van der Waals surface area contributed by atoms with E-state index in [0.29, 0.717) is 5.95 Å². The van der Waals surface area contributed by atoms with Crippen molar-refractivity contribution in [2.24, 2.45) is 0 Å². The summed E-state index contributed by atoms with van der Waals surface area (Å²) in [6.07, 6.45) is 2.69. The molecule has 150 valence electrons. The van der Waals surface area contributed by atoms with Crippen LogP contribution in [0.25, 0.3) is 0 Å². The lowest BCUT2D eigenvalue weighted by Gasteiger charge is -2.14. The number of benzene rings is 2. The summed E-state index contributed by atoms with van der Waals surface area (Å²) < 4.78 is 23.0. The molecule has 8 heteroatoms. The van der Waals surface area contributed by atoms with Crippen molar-refractivity contribution < 1.29 is 13.2 Å². The highest BCUT2D eigenvalue weighted by Crippen LogP contribution is 2.16. The molecule has 3 rings (SSSR count). The van der Waals surface area contributed by atoms with Crippen LogP contribution >= 0.6 is 0 Å². The highest BCUT2D eigenvalue weighted by atomic mass is 32.2. The summed E-state index contributed by atoms with van der Waals surface area (Å²) in [6.45, 7) is 2.25. The van der Waals surface area contributed by atoms with Gasteiger partial charge in [0.2, 0.25) is 5.95 Å². The van der Waals surface area contributed by atoms with E-state index < -0.39 is 9.84 Å². The molecule has 3 aromatic rings. The fourth-order valence-electron chi connectivity index (χ4n) is 2.70. The molecule has 1 amide bonds. The second-order valence-corrected chi connectivity index (χ2v) is 8.66. The number of nitrogens with zero attached hydrogens (tertiary/aromatic N) is 2. The summed E-state index contributed by atoms with van der Waals surface area (Å²) in [5.74, 6) is 0.0292. The van der Waals surface area contributed by atoms with Gasteiger partial charge in [0.25, 0.3) is 5.91 Å². The topological polar surface area (TPSA) is 101 Å². The van der Waals surface area contributed by atoms with Crippen molar-refractivity contribution >= 4 is 21.7 Å². The Hall–Kier alpha value is -3.26. The molecular formula is C21H22N4O3S. The quantitative estimate of drug-likeness (QED) is 0.621. The van der Waals surface area contributed by atoms with Gasteiger partial charge in [0.05, 0.1) is 10.9 Å². The molecule has 0 aliphatic carbocycles. The summed E-state index contributed by atoms with van der Waals surface area (Å²) in [4.78, 5) is 21.1. The maximum absolute atomic E-state index is 12.4. The van der Waals surface area contributed by atoms with Crippen molar-refractivity contribution in [2.75, 3.05) is 11.6 Å². The average Bonchev–Trinajstić information content (AvgIpc) is 2.72. The number of carbonyl (C=O) groups is 1. The van der Waals surface area contributed by atoms with Gasteiger partial charge in [-0.2, -0.15) is 0 Å². The summed E-state index contributed by atoms with van der Waals surface area (Å²) >= 11 is 0. The van der Waals surface area contributed by atoms with Crippen LogP contribution in [0.4, 0.5) is 5.95 Å². The summed E-state index contributed by atoms with van der Waals surface area (Å²) in [5.41, 5.74) is 2.12. The molecule has 1 aromatic heterocycles. The van der Waals surface area contributed by atoms with Gasteiger partial charge in [0, 0.05) is 19.0 Å². The smallest absolute Gasteiger partial charge is 0.270 e. The van der Waals surface area contributed by atoms with Crippen molar-refractivity contribution in [3.8, 4) is 0 Å². The normalized spacial score (nSPS) is 12.2. The Morgan fingerprint density at radius 2 is 1.72 bits per heavy atom. The monoisotopic (exact) mass is 410 g/mol. The average molecular weight is 410 g/mol. The van der Waals surface area contributed by atoms with Gasteiger partial charge in [-0.25, -0.2) is 18.4 Å². The van der Waals surface area contributed by atoms with Gasteiger partial charge < -0.3 is 10.6 Å². The number of carbonyl (C=O) groups excluding carboxylic acids is 1. The van der Waals surface area contributed by atoms with Crippen molar-refractivity contribution in [1.29, 1.82) is 0 Å². The zero-order chi connectivity index (χ0) is 20.9. The van der Waals surface area contributed by atoms with E-state index in [-0.39, 0.29) is 29.1 Å². The first-order chi connectivity index (χ1) is 13.8. The van der Waals surface area contributed by atoms with Gasteiger partial charge in [-0.3, -0.25) is 4.79 Å². The van der Waals surface area contributed by atoms with Gasteiger partial charge in [-0.1, -0.05) is 42.5 Å². The van der Waals surface area contributed by atoms with Crippen LogP contribution in [0.2, 0.25) is 0 Å². The predicted molar refractivity (Wildman–Crippen MR) is 111 cm³/mol. The lowest BCUT2D eigenvalue weighted by molar-refractivity contribution is 0.0946. The number of aromatic nitrogens is 2.